The van der Waals surface area contributed by atoms with E-state index < -0.39 is 0 Å². The van der Waals surface area contributed by atoms with Crippen LogP contribution in [0.3, 0.4) is 0 Å². The lowest BCUT2D eigenvalue weighted by atomic mass is 9.73. The van der Waals surface area contributed by atoms with Crippen molar-refractivity contribution < 1.29 is 9.18 Å². The second-order valence-electron chi connectivity index (χ2n) is 5.06. The minimum absolute atomic E-state index is 0.0139. The molecule has 1 fully saturated rings. The molecule has 1 aromatic carbocycles. The van der Waals surface area contributed by atoms with Crippen LogP contribution in [-0.2, 0) is 5.41 Å². The van der Waals surface area contributed by atoms with Crippen molar-refractivity contribution in [1.82, 2.24) is 5.32 Å². The molecule has 0 saturated carbocycles. The van der Waals surface area contributed by atoms with Gasteiger partial charge < -0.3 is 5.32 Å². The highest BCUT2D eigenvalue weighted by molar-refractivity contribution is 5.96. The van der Waals surface area contributed by atoms with E-state index in [0.29, 0.717) is 5.56 Å². The van der Waals surface area contributed by atoms with Crippen LogP contribution in [0.1, 0.15) is 42.6 Å². The molecule has 1 heterocycles. The van der Waals surface area contributed by atoms with E-state index in [1.165, 1.54) is 19.1 Å². The number of carbonyl (C=O) groups excluding carboxylic acids is 1. The highest BCUT2D eigenvalue weighted by atomic mass is 19.1. The number of hydrogen-bond donors (Lipinski definition) is 1. The summed E-state index contributed by atoms with van der Waals surface area (Å²) >= 11 is 0. The van der Waals surface area contributed by atoms with E-state index in [4.69, 9.17) is 0 Å². The van der Waals surface area contributed by atoms with Crippen molar-refractivity contribution in [2.75, 3.05) is 13.1 Å². The first-order chi connectivity index (χ1) is 8.03. The maximum Gasteiger partial charge on any atom is 0.160 e. The summed E-state index contributed by atoms with van der Waals surface area (Å²) in [5.41, 5.74) is 1.52. The monoisotopic (exact) mass is 235 g/mol. The van der Waals surface area contributed by atoms with Crippen molar-refractivity contribution in [3.05, 3.63) is 35.1 Å². The number of piperidine rings is 1. The maximum atomic E-state index is 13.2. The number of benzene rings is 1. The molecule has 0 spiro atoms. The zero-order valence-corrected chi connectivity index (χ0v) is 10.3. The van der Waals surface area contributed by atoms with Gasteiger partial charge in [-0.15, -0.1) is 0 Å². The fourth-order valence-electron chi connectivity index (χ4n) is 2.58. The quantitative estimate of drug-likeness (QED) is 0.798. The molecule has 2 rings (SSSR count). The Kier molecular flexibility index (Phi) is 3.29. The van der Waals surface area contributed by atoms with Crippen LogP contribution in [0.5, 0.6) is 0 Å². The molecule has 3 heteroatoms. The molecule has 0 atom stereocenters. The average molecular weight is 235 g/mol. The number of halogens is 1. The predicted octanol–water partition coefficient (Wildman–Crippen LogP) is 2.67. The van der Waals surface area contributed by atoms with Gasteiger partial charge in [-0.3, -0.25) is 4.79 Å². The van der Waals surface area contributed by atoms with Crippen molar-refractivity contribution in [3.63, 3.8) is 0 Å². The smallest absolute Gasteiger partial charge is 0.160 e. The van der Waals surface area contributed by atoms with Crippen LogP contribution >= 0.6 is 0 Å². The second-order valence-corrected chi connectivity index (χ2v) is 5.06. The summed E-state index contributed by atoms with van der Waals surface area (Å²) in [6.07, 6.45) is 1.97. The first-order valence-electron chi connectivity index (χ1n) is 6.05. The zero-order valence-electron chi connectivity index (χ0n) is 10.3. The lowest BCUT2D eigenvalue weighted by Gasteiger charge is -2.35. The maximum absolute atomic E-state index is 13.2. The number of rotatable bonds is 2. The van der Waals surface area contributed by atoms with Gasteiger partial charge in [0.25, 0.3) is 0 Å². The number of Topliss-reactive ketones (excluding diaryl/α,β-unsaturated/α-hetero) is 1. The SMILES string of the molecule is CC(=O)c1cc(F)ccc1C1(C)CCNCC1. The third-order valence-corrected chi connectivity index (χ3v) is 3.72. The average Bonchev–Trinajstić information content (AvgIpc) is 2.29. The molecule has 1 saturated heterocycles. The van der Waals surface area contributed by atoms with E-state index in [9.17, 15) is 9.18 Å². The van der Waals surface area contributed by atoms with Crippen LogP contribution < -0.4 is 5.32 Å². The van der Waals surface area contributed by atoms with Crippen molar-refractivity contribution in [2.45, 2.75) is 32.1 Å². The van der Waals surface area contributed by atoms with E-state index in [-0.39, 0.29) is 17.0 Å². The summed E-state index contributed by atoms with van der Waals surface area (Å²) in [6, 6.07) is 4.59. The van der Waals surface area contributed by atoms with Crippen LogP contribution in [0.15, 0.2) is 18.2 Å². The molecule has 0 amide bonds. The summed E-state index contributed by atoms with van der Waals surface area (Å²) in [5.74, 6) is -0.393. The van der Waals surface area contributed by atoms with E-state index in [0.717, 1.165) is 31.5 Å². The normalized spacial score (nSPS) is 19.0. The third kappa shape index (κ3) is 2.39. The molecule has 92 valence electrons. The predicted molar refractivity (Wildman–Crippen MR) is 65.9 cm³/mol. The van der Waals surface area contributed by atoms with Crippen LogP contribution in [-0.4, -0.2) is 18.9 Å². The van der Waals surface area contributed by atoms with Gasteiger partial charge in [0.1, 0.15) is 5.82 Å². The van der Waals surface area contributed by atoms with Gasteiger partial charge in [-0.25, -0.2) is 4.39 Å². The molecule has 17 heavy (non-hydrogen) atoms. The van der Waals surface area contributed by atoms with Crippen molar-refractivity contribution in [2.24, 2.45) is 0 Å². The lowest BCUT2D eigenvalue weighted by Crippen LogP contribution is -2.38. The largest absolute Gasteiger partial charge is 0.317 e. The Bertz CT molecular complexity index is 436. The van der Waals surface area contributed by atoms with Gasteiger partial charge in [-0.2, -0.15) is 0 Å². The van der Waals surface area contributed by atoms with Gasteiger partial charge in [0.2, 0.25) is 0 Å². The molecule has 1 aromatic rings. The molecule has 0 aliphatic carbocycles. The number of ketones is 1. The van der Waals surface area contributed by atoms with Gasteiger partial charge in [0.15, 0.2) is 5.78 Å². The van der Waals surface area contributed by atoms with E-state index in [1.807, 2.05) is 0 Å². The molecule has 0 unspecified atom stereocenters. The van der Waals surface area contributed by atoms with E-state index in [1.54, 1.807) is 6.07 Å². The topological polar surface area (TPSA) is 29.1 Å². The minimum Gasteiger partial charge on any atom is -0.317 e. The molecule has 1 aliphatic rings. The Morgan fingerprint density at radius 2 is 2.00 bits per heavy atom. The van der Waals surface area contributed by atoms with Crippen molar-refractivity contribution >= 4 is 5.78 Å². The Balaban J connectivity index is 2.46. The fourth-order valence-corrected chi connectivity index (χ4v) is 2.58. The van der Waals surface area contributed by atoms with E-state index in [2.05, 4.69) is 12.2 Å². The summed E-state index contributed by atoms with van der Waals surface area (Å²) in [7, 11) is 0. The number of nitrogens with one attached hydrogen (secondary N) is 1. The molecule has 1 aliphatic heterocycles. The van der Waals surface area contributed by atoms with Gasteiger partial charge in [-0.1, -0.05) is 13.0 Å². The number of carbonyl (C=O) groups is 1. The minimum atomic E-state index is -0.337. The van der Waals surface area contributed by atoms with Crippen LogP contribution in [0, 0.1) is 5.82 Å². The van der Waals surface area contributed by atoms with Gasteiger partial charge in [0.05, 0.1) is 0 Å². The lowest BCUT2D eigenvalue weighted by molar-refractivity contribution is 0.101. The Hall–Kier alpha value is -1.22. The van der Waals surface area contributed by atoms with Crippen LogP contribution in [0.4, 0.5) is 4.39 Å². The van der Waals surface area contributed by atoms with Crippen LogP contribution in [0.2, 0.25) is 0 Å². The molecule has 1 N–H and O–H groups in total. The fraction of sp³-hybridized carbons (Fsp3) is 0.500. The zero-order chi connectivity index (χ0) is 12.5. The third-order valence-electron chi connectivity index (χ3n) is 3.72. The summed E-state index contributed by atoms with van der Waals surface area (Å²) in [6.45, 7) is 5.56. The molecule has 0 bridgehead atoms. The van der Waals surface area contributed by atoms with Crippen LogP contribution in [0.25, 0.3) is 0 Å². The van der Waals surface area contributed by atoms with Gasteiger partial charge in [0, 0.05) is 5.56 Å². The molecule has 0 radical (unpaired) electrons. The summed E-state index contributed by atoms with van der Waals surface area (Å²) in [4.78, 5) is 11.6. The molecular formula is C14H18FNO. The summed E-state index contributed by atoms with van der Waals surface area (Å²) < 4.78 is 13.2. The number of hydrogen-bond acceptors (Lipinski definition) is 2. The van der Waals surface area contributed by atoms with Crippen molar-refractivity contribution in [1.29, 1.82) is 0 Å². The summed E-state index contributed by atoms with van der Waals surface area (Å²) in [5, 5.41) is 3.31. The molecule has 2 nitrogen and oxygen atoms in total. The standard InChI is InChI=1S/C14H18FNO/c1-10(17)12-9-11(15)3-4-13(12)14(2)5-7-16-8-6-14/h3-4,9,16H,5-8H2,1-2H3. The van der Waals surface area contributed by atoms with Gasteiger partial charge in [-0.05, 0) is 56.0 Å². The van der Waals surface area contributed by atoms with Gasteiger partial charge >= 0.3 is 0 Å². The molecular weight excluding hydrogens is 217 g/mol. The highest BCUT2D eigenvalue weighted by Crippen LogP contribution is 2.35. The first-order valence-corrected chi connectivity index (χ1v) is 6.05. The Labute approximate surface area is 101 Å². The molecule has 0 aromatic heterocycles. The highest BCUT2D eigenvalue weighted by Gasteiger charge is 2.31. The Morgan fingerprint density at radius 3 is 2.59 bits per heavy atom. The second kappa shape index (κ2) is 4.57. The van der Waals surface area contributed by atoms with Crippen molar-refractivity contribution in [3.8, 4) is 0 Å². The Morgan fingerprint density at radius 1 is 1.35 bits per heavy atom. The van der Waals surface area contributed by atoms with E-state index >= 15 is 0 Å². The first kappa shape index (κ1) is 12.2.